The topological polar surface area (TPSA) is 285 Å². The molecule has 0 aromatic carbocycles. The van der Waals surface area contributed by atoms with Crippen LogP contribution in [0.1, 0.15) is 0 Å². The number of hydrogen-bond acceptors (Lipinski definition) is 13. The fourth-order valence-electron chi connectivity index (χ4n) is 0. The molecule has 0 aromatic heterocycles. The molecule has 0 aliphatic carbocycles. The molecule has 105 valence electrons. The summed E-state index contributed by atoms with van der Waals surface area (Å²) in [6.45, 7) is 0. The van der Waals surface area contributed by atoms with Gasteiger partial charge in [-0.3, -0.25) is 0 Å². The molecule has 0 atom stereocenters. The zero-order valence-electron chi connectivity index (χ0n) is 7.60. The average molecular weight is 421 g/mol. The molecule has 0 unspecified atom stereocenters. The van der Waals surface area contributed by atoms with E-state index < -0.39 is 23.1 Å². The van der Waals surface area contributed by atoms with E-state index in [2.05, 4.69) is 0 Å². The van der Waals surface area contributed by atoms with E-state index in [1.165, 1.54) is 0 Å². The van der Waals surface area contributed by atoms with Crippen LogP contribution >= 0.6 is 7.82 Å². The van der Waals surface area contributed by atoms with Crippen molar-refractivity contribution >= 4 is 7.82 Å². The number of phosphoric acid groups is 1. The Kier molecular flexibility index (Phi) is 31.0. The Labute approximate surface area is 129 Å². The first-order valence-corrected chi connectivity index (χ1v) is 3.83. The second-order valence-electron chi connectivity index (χ2n) is 1.12. The summed E-state index contributed by atoms with van der Waals surface area (Å²) in [6.07, 6.45) is 0. The van der Waals surface area contributed by atoms with Crippen molar-refractivity contribution in [1.29, 1.82) is 0 Å². The Bertz CT molecular complexity index is 219. The van der Waals surface area contributed by atoms with Crippen molar-refractivity contribution in [3.63, 3.8) is 0 Å². The molecule has 0 heterocycles. The summed E-state index contributed by atoms with van der Waals surface area (Å²) in [5.41, 5.74) is 0. The van der Waals surface area contributed by atoms with Gasteiger partial charge in [-0.1, -0.05) is 0 Å². The molecule has 0 aliphatic rings. The predicted molar refractivity (Wildman–Crippen MR) is 38.7 cm³/mol. The van der Waals surface area contributed by atoms with E-state index in [4.69, 9.17) is 65.2 Å². The van der Waals surface area contributed by atoms with Gasteiger partial charge >= 0.3 is 41.7 Å². The van der Waals surface area contributed by atoms with Crippen molar-refractivity contribution in [2.45, 2.75) is 0 Å². The third kappa shape index (κ3) is 3590. The van der Waals surface area contributed by atoms with Crippen LogP contribution in [0, 0.1) is 87.7 Å². The fraction of sp³-hybridized carbons (Fsp3) is 0. The molecule has 0 amide bonds. The Morgan fingerprint density at radius 3 is 0.611 bits per heavy atom. The Morgan fingerprint density at radius 2 is 0.611 bits per heavy atom. The van der Waals surface area contributed by atoms with Gasteiger partial charge in [0, 0.05) is 0 Å². The molecule has 16 nitrogen and oxygen atoms in total. The predicted octanol–water partition coefficient (Wildman–Crippen LogP) is -3.54. The Hall–Kier alpha value is -0.913. The maximum Gasteiger partial charge on any atom is 3.00 e. The minimum atomic E-state index is -5.39. The van der Waals surface area contributed by atoms with E-state index in [0.717, 1.165) is 0 Å². The van der Waals surface area contributed by atoms with Gasteiger partial charge in [0.1, 0.15) is 0 Å². The summed E-state index contributed by atoms with van der Waals surface area (Å²) in [4.78, 5) is 50.4. The van der Waals surface area contributed by atoms with E-state index in [9.17, 15) is 0 Å². The van der Waals surface area contributed by atoms with Crippen LogP contribution in [-0.4, -0.2) is 15.3 Å². The van der Waals surface area contributed by atoms with Crippen LogP contribution in [-0.2, 0) is 4.57 Å². The molecule has 18 heavy (non-hydrogen) atoms. The van der Waals surface area contributed by atoms with Gasteiger partial charge in [0.05, 0.1) is 15.3 Å². The first-order valence-electron chi connectivity index (χ1n) is 2.37. The van der Waals surface area contributed by atoms with Crippen LogP contribution in [0.4, 0.5) is 0 Å². The second kappa shape index (κ2) is 18.5. The maximum absolute atomic E-state index is 8.55. The van der Waals surface area contributed by atoms with E-state index >= 15 is 0 Å². The molecule has 0 saturated heterocycles. The molecular formula is CeN3O13P-3. The number of nitrogens with zero attached hydrogens (tertiary/aromatic N) is 3. The minimum Gasteiger partial charge on any atom is -0.822 e. The molecular weight excluding hydrogens is 421 g/mol. The SMILES string of the molecule is O=P([O-])([O-])[O-].O=[N+]([O-])[O-].O=[N+]([O-])[O-].O=[N+]([O-])[O-].[Ce+3]. The summed E-state index contributed by atoms with van der Waals surface area (Å²) in [6, 6.07) is 0. The third-order valence-corrected chi connectivity index (χ3v) is 0. The summed E-state index contributed by atoms with van der Waals surface area (Å²) in [7, 11) is -5.39. The van der Waals surface area contributed by atoms with Crippen LogP contribution < -0.4 is 14.7 Å². The van der Waals surface area contributed by atoms with Gasteiger partial charge in [-0.25, -0.2) is 0 Å². The smallest absolute Gasteiger partial charge is 0.822 e. The molecule has 0 bridgehead atoms. The normalized spacial score (nSPS) is 7.28. The van der Waals surface area contributed by atoms with E-state index in [0.29, 0.717) is 0 Å². The average Bonchev–Trinajstić information content (AvgIpc) is 1.73. The van der Waals surface area contributed by atoms with E-state index in [-0.39, 0.29) is 41.7 Å². The van der Waals surface area contributed by atoms with Gasteiger partial charge in [-0.05, 0) is 0 Å². The molecule has 0 rings (SSSR count). The fourth-order valence-corrected chi connectivity index (χ4v) is 0. The van der Waals surface area contributed by atoms with Crippen LogP contribution in [0.15, 0.2) is 0 Å². The minimum absolute atomic E-state index is 0. The zero-order chi connectivity index (χ0) is 15.2. The standard InChI is InChI=1S/Ce.3NO3.H3O4P/c;3*2-1(3)4;1-5(2,3)4/h;;;;(H3,1,2,3,4)/q+3;3*-1;/p-3. The maximum atomic E-state index is 8.55. The summed E-state index contributed by atoms with van der Waals surface area (Å²) >= 11 is 0. The van der Waals surface area contributed by atoms with Crippen molar-refractivity contribution in [2.75, 3.05) is 0 Å². The largest absolute Gasteiger partial charge is 3.00 e. The van der Waals surface area contributed by atoms with E-state index in [1.807, 2.05) is 0 Å². The Balaban J connectivity index is -0.0000000412. The van der Waals surface area contributed by atoms with Crippen LogP contribution in [0.3, 0.4) is 0 Å². The second-order valence-corrected chi connectivity index (χ2v) is 2.01. The monoisotopic (exact) mass is 421 g/mol. The van der Waals surface area contributed by atoms with Crippen molar-refractivity contribution < 1.29 is 76.3 Å². The van der Waals surface area contributed by atoms with Crippen molar-refractivity contribution in [2.24, 2.45) is 0 Å². The summed E-state index contributed by atoms with van der Waals surface area (Å²) in [5, 5.41) is 44.2. The van der Waals surface area contributed by atoms with Gasteiger partial charge in [0.2, 0.25) is 0 Å². The third-order valence-electron chi connectivity index (χ3n) is 0. The summed E-state index contributed by atoms with van der Waals surface area (Å²) in [5.74, 6) is 0. The van der Waals surface area contributed by atoms with Crippen LogP contribution in [0.5, 0.6) is 0 Å². The van der Waals surface area contributed by atoms with Crippen molar-refractivity contribution in [1.82, 2.24) is 0 Å². The molecule has 1 radical (unpaired) electrons. The van der Waals surface area contributed by atoms with Crippen LogP contribution in [0.25, 0.3) is 0 Å². The molecule has 0 aromatic rings. The van der Waals surface area contributed by atoms with Gasteiger partial charge in [-0.2, -0.15) is 7.82 Å². The molecule has 0 N–H and O–H groups in total. The van der Waals surface area contributed by atoms with Gasteiger partial charge in [-0.15, -0.1) is 0 Å². The van der Waals surface area contributed by atoms with Crippen LogP contribution in [0.2, 0.25) is 0 Å². The van der Waals surface area contributed by atoms with Gasteiger partial charge < -0.3 is 65.2 Å². The molecule has 0 aliphatic heterocycles. The van der Waals surface area contributed by atoms with Gasteiger partial charge in [0.15, 0.2) is 0 Å². The quantitative estimate of drug-likeness (QED) is 0.208. The molecule has 0 saturated carbocycles. The van der Waals surface area contributed by atoms with Gasteiger partial charge in [0.25, 0.3) is 0 Å². The first-order chi connectivity index (χ1) is 7.20. The van der Waals surface area contributed by atoms with E-state index in [1.54, 1.807) is 0 Å². The summed E-state index contributed by atoms with van der Waals surface area (Å²) < 4.78 is 8.55. The molecule has 18 heteroatoms. The van der Waals surface area contributed by atoms with Crippen molar-refractivity contribution in [3.8, 4) is 0 Å². The molecule has 0 fully saturated rings. The zero-order valence-corrected chi connectivity index (χ0v) is 11.6. The Morgan fingerprint density at radius 1 is 0.611 bits per heavy atom. The first kappa shape index (κ1) is 30.3. The number of rotatable bonds is 0. The van der Waals surface area contributed by atoms with Crippen molar-refractivity contribution in [3.05, 3.63) is 46.0 Å². The molecule has 0 spiro atoms. The number of hydrogen-bond donors (Lipinski definition) is 0.